The first kappa shape index (κ1) is 15.2. The zero-order chi connectivity index (χ0) is 14.3. The number of likely N-dealkylation sites (N-methyl/N-ethyl adjacent to an activating group) is 1. The molecule has 104 valence electrons. The predicted molar refractivity (Wildman–Crippen MR) is 76.0 cm³/mol. The number of rotatable bonds is 6. The summed E-state index contributed by atoms with van der Waals surface area (Å²) in [6.45, 7) is 6.20. The van der Waals surface area contributed by atoms with Crippen LogP contribution in [0, 0.1) is 6.92 Å². The SMILES string of the molecule is CCNC(=O)C(C)NCC(=O)Nc1ccccc1C. The molecule has 0 aliphatic heterocycles. The lowest BCUT2D eigenvalue weighted by Crippen LogP contribution is -2.44. The summed E-state index contributed by atoms with van der Waals surface area (Å²) in [4.78, 5) is 23.2. The van der Waals surface area contributed by atoms with Gasteiger partial charge in [0.15, 0.2) is 0 Å². The molecule has 3 N–H and O–H groups in total. The molecule has 0 aromatic heterocycles. The van der Waals surface area contributed by atoms with Crippen LogP contribution in [-0.2, 0) is 9.59 Å². The van der Waals surface area contributed by atoms with Crippen molar-refractivity contribution in [3.63, 3.8) is 0 Å². The van der Waals surface area contributed by atoms with Crippen molar-refractivity contribution in [1.82, 2.24) is 10.6 Å². The topological polar surface area (TPSA) is 70.2 Å². The second-order valence-corrected chi connectivity index (χ2v) is 4.36. The Morgan fingerprint density at radius 3 is 2.58 bits per heavy atom. The van der Waals surface area contributed by atoms with Gasteiger partial charge in [-0.3, -0.25) is 14.9 Å². The second-order valence-electron chi connectivity index (χ2n) is 4.36. The number of carbonyl (C=O) groups excluding carboxylic acids is 2. The summed E-state index contributed by atoms with van der Waals surface area (Å²) in [6, 6.07) is 7.18. The van der Waals surface area contributed by atoms with Gasteiger partial charge in [0, 0.05) is 12.2 Å². The highest BCUT2D eigenvalue weighted by Gasteiger charge is 2.12. The van der Waals surface area contributed by atoms with Gasteiger partial charge in [-0.2, -0.15) is 0 Å². The van der Waals surface area contributed by atoms with E-state index < -0.39 is 0 Å². The Morgan fingerprint density at radius 2 is 1.95 bits per heavy atom. The number of hydrogen-bond donors (Lipinski definition) is 3. The van der Waals surface area contributed by atoms with Crippen LogP contribution < -0.4 is 16.0 Å². The van der Waals surface area contributed by atoms with Gasteiger partial charge in [0.1, 0.15) is 0 Å². The van der Waals surface area contributed by atoms with Gasteiger partial charge >= 0.3 is 0 Å². The molecule has 0 saturated carbocycles. The molecular weight excluding hydrogens is 242 g/mol. The smallest absolute Gasteiger partial charge is 0.238 e. The standard InChI is InChI=1S/C14H21N3O2/c1-4-15-14(19)11(3)16-9-13(18)17-12-8-6-5-7-10(12)2/h5-8,11,16H,4,9H2,1-3H3,(H,15,19)(H,17,18). The van der Waals surface area contributed by atoms with Crippen molar-refractivity contribution >= 4 is 17.5 Å². The van der Waals surface area contributed by atoms with Crippen molar-refractivity contribution < 1.29 is 9.59 Å². The fourth-order valence-corrected chi connectivity index (χ4v) is 1.57. The minimum atomic E-state index is -0.387. The van der Waals surface area contributed by atoms with Crippen LogP contribution in [0.2, 0.25) is 0 Å². The Balaban J connectivity index is 2.40. The van der Waals surface area contributed by atoms with E-state index in [4.69, 9.17) is 0 Å². The molecule has 0 radical (unpaired) electrons. The number of benzene rings is 1. The van der Waals surface area contributed by atoms with Crippen molar-refractivity contribution in [2.45, 2.75) is 26.8 Å². The van der Waals surface area contributed by atoms with E-state index >= 15 is 0 Å². The molecule has 1 aromatic carbocycles. The Kier molecular flexibility index (Phi) is 6.02. The maximum Gasteiger partial charge on any atom is 0.238 e. The highest BCUT2D eigenvalue weighted by molar-refractivity contribution is 5.93. The number of carbonyl (C=O) groups is 2. The summed E-state index contributed by atoms with van der Waals surface area (Å²) < 4.78 is 0. The number of para-hydroxylation sites is 1. The van der Waals surface area contributed by atoms with Crippen molar-refractivity contribution in [1.29, 1.82) is 0 Å². The first-order valence-electron chi connectivity index (χ1n) is 6.41. The summed E-state index contributed by atoms with van der Waals surface area (Å²) in [5.74, 6) is -0.267. The molecule has 1 atom stereocenters. The largest absolute Gasteiger partial charge is 0.355 e. The summed E-state index contributed by atoms with van der Waals surface area (Å²) in [5, 5.41) is 8.38. The summed E-state index contributed by atoms with van der Waals surface area (Å²) in [6.07, 6.45) is 0. The Morgan fingerprint density at radius 1 is 1.26 bits per heavy atom. The highest BCUT2D eigenvalue weighted by atomic mass is 16.2. The van der Waals surface area contributed by atoms with Gasteiger partial charge < -0.3 is 10.6 Å². The van der Waals surface area contributed by atoms with Crippen LogP contribution in [0.5, 0.6) is 0 Å². The average Bonchev–Trinajstić information content (AvgIpc) is 2.39. The lowest BCUT2D eigenvalue weighted by atomic mass is 10.2. The average molecular weight is 263 g/mol. The fraction of sp³-hybridized carbons (Fsp3) is 0.429. The van der Waals surface area contributed by atoms with E-state index in [0.29, 0.717) is 6.54 Å². The van der Waals surface area contributed by atoms with Crippen LogP contribution >= 0.6 is 0 Å². The van der Waals surface area contributed by atoms with E-state index in [2.05, 4.69) is 16.0 Å². The third kappa shape index (κ3) is 5.09. The number of nitrogens with one attached hydrogen (secondary N) is 3. The van der Waals surface area contributed by atoms with Crippen LogP contribution in [0.4, 0.5) is 5.69 Å². The minimum Gasteiger partial charge on any atom is -0.355 e. The van der Waals surface area contributed by atoms with Gasteiger partial charge in [-0.15, -0.1) is 0 Å². The molecule has 1 rings (SSSR count). The van der Waals surface area contributed by atoms with Gasteiger partial charge in [0.25, 0.3) is 0 Å². The van der Waals surface area contributed by atoms with Gasteiger partial charge in [0.2, 0.25) is 11.8 Å². The summed E-state index contributed by atoms with van der Waals surface area (Å²) in [5.41, 5.74) is 1.80. The molecule has 2 amide bonds. The number of aryl methyl sites for hydroxylation is 1. The van der Waals surface area contributed by atoms with E-state index in [-0.39, 0.29) is 24.4 Å². The molecular formula is C14H21N3O2. The minimum absolute atomic E-state index is 0.104. The Labute approximate surface area is 113 Å². The molecule has 0 fully saturated rings. The van der Waals surface area contributed by atoms with Crippen molar-refractivity contribution in [2.75, 3.05) is 18.4 Å². The summed E-state index contributed by atoms with van der Waals surface area (Å²) in [7, 11) is 0. The Hall–Kier alpha value is -1.88. The number of hydrogen-bond acceptors (Lipinski definition) is 3. The first-order valence-corrected chi connectivity index (χ1v) is 6.41. The molecule has 19 heavy (non-hydrogen) atoms. The monoisotopic (exact) mass is 263 g/mol. The van der Waals surface area contributed by atoms with Crippen molar-refractivity contribution in [3.8, 4) is 0 Å². The highest BCUT2D eigenvalue weighted by Crippen LogP contribution is 2.12. The molecule has 5 nitrogen and oxygen atoms in total. The molecule has 0 bridgehead atoms. The molecule has 0 spiro atoms. The molecule has 0 aliphatic rings. The molecule has 1 aromatic rings. The van der Waals surface area contributed by atoms with Crippen LogP contribution in [-0.4, -0.2) is 30.9 Å². The van der Waals surface area contributed by atoms with Crippen molar-refractivity contribution in [2.24, 2.45) is 0 Å². The maximum atomic E-state index is 11.7. The predicted octanol–water partition coefficient (Wildman–Crippen LogP) is 1.05. The first-order chi connectivity index (χ1) is 9.04. The van der Waals surface area contributed by atoms with Gasteiger partial charge in [-0.25, -0.2) is 0 Å². The second kappa shape index (κ2) is 7.53. The van der Waals surface area contributed by atoms with E-state index in [1.165, 1.54) is 0 Å². The third-order valence-electron chi connectivity index (χ3n) is 2.73. The zero-order valence-electron chi connectivity index (χ0n) is 11.6. The van der Waals surface area contributed by atoms with Crippen molar-refractivity contribution in [3.05, 3.63) is 29.8 Å². The van der Waals surface area contributed by atoms with E-state index in [0.717, 1.165) is 11.3 Å². The molecule has 0 saturated heterocycles. The lowest BCUT2D eigenvalue weighted by Gasteiger charge is -2.13. The molecule has 1 unspecified atom stereocenters. The van der Waals surface area contributed by atoms with E-state index in [1.807, 2.05) is 38.1 Å². The van der Waals surface area contributed by atoms with Crippen LogP contribution in [0.3, 0.4) is 0 Å². The third-order valence-corrected chi connectivity index (χ3v) is 2.73. The zero-order valence-corrected chi connectivity index (χ0v) is 11.6. The lowest BCUT2D eigenvalue weighted by molar-refractivity contribution is -0.122. The summed E-state index contributed by atoms with van der Waals surface area (Å²) >= 11 is 0. The van der Waals surface area contributed by atoms with E-state index in [1.54, 1.807) is 6.92 Å². The Bertz CT molecular complexity index is 446. The molecule has 5 heteroatoms. The fourth-order valence-electron chi connectivity index (χ4n) is 1.57. The molecule has 0 aliphatic carbocycles. The van der Waals surface area contributed by atoms with Crippen LogP contribution in [0.25, 0.3) is 0 Å². The van der Waals surface area contributed by atoms with Crippen LogP contribution in [0.15, 0.2) is 24.3 Å². The number of amides is 2. The van der Waals surface area contributed by atoms with E-state index in [9.17, 15) is 9.59 Å². The van der Waals surface area contributed by atoms with Gasteiger partial charge in [0.05, 0.1) is 12.6 Å². The van der Waals surface area contributed by atoms with Crippen LogP contribution in [0.1, 0.15) is 19.4 Å². The molecule has 0 heterocycles. The van der Waals surface area contributed by atoms with Gasteiger partial charge in [-0.05, 0) is 32.4 Å². The van der Waals surface area contributed by atoms with Gasteiger partial charge in [-0.1, -0.05) is 18.2 Å². The maximum absolute atomic E-state index is 11.7. The normalized spacial score (nSPS) is 11.7. The number of anilines is 1. The quantitative estimate of drug-likeness (QED) is 0.718.